The molecule has 2 aromatic rings. The third kappa shape index (κ3) is 2.54. The monoisotopic (exact) mass is 274 g/mol. The first kappa shape index (κ1) is 12.8. The number of nitrogens with one attached hydrogen (secondary N) is 1. The van der Waals surface area contributed by atoms with Gasteiger partial charge in [0.2, 0.25) is 0 Å². The molecule has 0 bridgehead atoms. The molecule has 1 aromatic carbocycles. The van der Waals surface area contributed by atoms with Crippen molar-refractivity contribution in [1.29, 1.82) is 0 Å². The minimum atomic E-state index is 0.622. The number of anilines is 1. The van der Waals surface area contributed by atoms with Crippen LogP contribution in [0.25, 0.3) is 0 Å². The lowest BCUT2D eigenvalue weighted by molar-refractivity contribution is 0.297. The largest absolute Gasteiger partial charge is 0.490 e. The van der Waals surface area contributed by atoms with Gasteiger partial charge < -0.3 is 19.4 Å². The predicted octanol–water partition coefficient (Wildman–Crippen LogP) is 1.90. The van der Waals surface area contributed by atoms with Crippen molar-refractivity contribution >= 4 is 5.69 Å². The van der Waals surface area contributed by atoms with Gasteiger partial charge >= 0.3 is 0 Å². The van der Waals surface area contributed by atoms with E-state index in [0.717, 1.165) is 35.3 Å². The van der Waals surface area contributed by atoms with Crippen molar-refractivity contribution in [3.05, 3.63) is 29.8 Å². The number of nitrogens with zero attached hydrogens (tertiary/aromatic N) is 3. The van der Waals surface area contributed by atoms with Gasteiger partial charge in [0.15, 0.2) is 17.3 Å². The summed E-state index contributed by atoms with van der Waals surface area (Å²) in [4.78, 5) is 0. The first-order valence-corrected chi connectivity index (χ1v) is 6.72. The highest BCUT2D eigenvalue weighted by molar-refractivity contribution is 5.55. The summed E-state index contributed by atoms with van der Waals surface area (Å²) < 4.78 is 13.2. The molecule has 0 amide bonds. The molecule has 0 saturated heterocycles. The molecule has 6 nitrogen and oxygen atoms in total. The van der Waals surface area contributed by atoms with Crippen molar-refractivity contribution in [2.45, 2.75) is 19.9 Å². The van der Waals surface area contributed by atoms with Crippen molar-refractivity contribution in [1.82, 2.24) is 14.8 Å². The smallest absolute Gasteiger partial charge is 0.163 e. The molecule has 20 heavy (non-hydrogen) atoms. The van der Waals surface area contributed by atoms with Gasteiger partial charge in [-0.1, -0.05) is 0 Å². The minimum Gasteiger partial charge on any atom is -0.490 e. The maximum atomic E-state index is 5.67. The molecule has 1 aliphatic heterocycles. The maximum Gasteiger partial charge on any atom is 0.163 e. The summed E-state index contributed by atoms with van der Waals surface area (Å²) in [5.74, 6) is 3.40. The molecule has 0 spiro atoms. The second-order valence-electron chi connectivity index (χ2n) is 4.79. The van der Waals surface area contributed by atoms with Crippen LogP contribution in [0.5, 0.6) is 11.5 Å². The highest BCUT2D eigenvalue weighted by Crippen LogP contribution is 2.32. The molecule has 0 fully saturated rings. The Bertz CT molecular complexity index is 609. The van der Waals surface area contributed by atoms with Crippen LogP contribution in [0.4, 0.5) is 5.69 Å². The number of hydrogen-bond donors (Lipinski definition) is 1. The lowest BCUT2D eigenvalue weighted by atomic mass is 10.2. The van der Waals surface area contributed by atoms with E-state index in [1.165, 1.54) is 0 Å². The van der Waals surface area contributed by atoms with Gasteiger partial charge in [-0.25, -0.2) is 0 Å². The molecule has 1 aromatic heterocycles. The van der Waals surface area contributed by atoms with Crippen molar-refractivity contribution in [3.63, 3.8) is 0 Å². The van der Waals surface area contributed by atoms with Crippen molar-refractivity contribution in [2.75, 3.05) is 18.5 Å². The quantitative estimate of drug-likeness (QED) is 0.926. The summed E-state index contributed by atoms with van der Waals surface area (Å²) in [6.45, 7) is 3.96. The number of benzene rings is 1. The van der Waals surface area contributed by atoms with Crippen molar-refractivity contribution in [3.8, 4) is 11.5 Å². The molecule has 0 radical (unpaired) electrons. The highest BCUT2D eigenvalue weighted by Gasteiger charge is 2.11. The van der Waals surface area contributed by atoms with E-state index >= 15 is 0 Å². The Kier molecular flexibility index (Phi) is 3.45. The van der Waals surface area contributed by atoms with Gasteiger partial charge in [-0.2, -0.15) is 0 Å². The first-order chi connectivity index (χ1) is 9.74. The van der Waals surface area contributed by atoms with Crippen LogP contribution in [0.3, 0.4) is 0 Å². The van der Waals surface area contributed by atoms with E-state index in [-0.39, 0.29) is 0 Å². The van der Waals surface area contributed by atoms with Crippen LogP contribution in [-0.2, 0) is 13.6 Å². The third-order valence-corrected chi connectivity index (χ3v) is 3.38. The Hall–Kier alpha value is -2.24. The van der Waals surface area contributed by atoms with E-state index < -0.39 is 0 Å². The summed E-state index contributed by atoms with van der Waals surface area (Å²) in [5, 5.41) is 11.5. The standard InChI is InChI=1S/C14H18N4O2/c1-10-16-17-14(18(10)2)9-15-11-4-5-12-13(8-11)20-7-3-6-19-12/h4-5,8,15H,3,6-7,9H2,1-2H3. The summed E-state index contributed by atoms with van der Waals surface area (Å²) in [7, 11) is 1.96. The van der Waals surface area contributed by atoms with Crippen LogP contribution in [0.15, 0.2) is 18.2 Å². The van der Waals surface area contributed by atoms with Crippen LogP contribution >= 0.6 is 0 Å². The fraction of sp³-hybridized carbons (Fsp3) is 0.429. The van der Waals surface area contributed by atoms with Crippen LogP contribution in [0, 0.1) is 6.92 Å². The number of rotatable bonds is 3. The average Bonchev–Trinajstić information content (AvgIpc) is 2.68. The lowest BCUT2D eigenvalue weighted by Crippen LogP contribution is -2.06. The Morgan fingerprint density at radius 1 is 1.20 bits per heavy atom. The summed E-state index contributed by atoms with van der Waals surface area (Å²) in [5.41, 5.74) is 0.981. The molecule has 1 aliphatic rings. The Labute approximate surface area is 117 Å². The summed E-state index contributed by atoms with van der Waals surface area (Å²) in [6, 6.07) is 5.88. The Morgan fingerprint density at radius 2 is 2.00 bits per heavy atom. The van der Waals surface area contributed by atoms with Gasteiger partial charge in [0, 0.05) is 25.2 Å². The summed E-state index contributed by atoms with van der Waals surface area (Å²) >= 11 is 0. The lowest BCUT2D eigenvalue weighted by Gasteiger charge is -2.11. The van der Waals surface area contributed by atoms with Gasteiger partial charge in [0.05, 0.1) is 19.8 Å². The van der Waals surface area contributed by atoms with Crippen molar-refractivity contribution in [2.24, 2.45) is 7.05 Å². The Balaban J connectivity index is 1.72. The topological polar surface area (TPSA) is 61.2 Å². The summed E-state index contributed by atoms with van der Waals surface area (Å²) in [6.07, 6.45) is 0.912. The minimum absolute atomic E-state index is 0.622. The fourth-order valence-electron chi connectivity index (χ4n) is 2.06. The van der Waals surface area contributed by atoms with Crippen LogP contribution in [-0.4, -0.2) is 28.0 Å². The Morgan fingerprint density at radius 3 is 2.75 bits per heavy atom. The molecule has 3 rings (SSSR count). The number of hydrogen-bond acceptors (Lipinski definition) is 5. The third-order valence-electron chi connectivity index (χ3n) is 3.38. The highest BCUT2D eigenvalue weighted by atomic mass is 16.5. The van der Waals surface area contributed by atoms with Crippen LogP contribution < -0.4 is 14.8 Å². The SMILES string of the molecule is Cc1nnc(CNc2ccc3c(c2)OCCCO3)n1C. The first-order valence-electron chi connectivity index (χ1n) is 6.72. The normalized spacial score (nSPS) is 13.9. The van der Waals surface area contributed by atoms with Gasteiger partial charge in [0.25, 0.3) is 0 Å². The number of aromatic nitrogens is 3. The number of ether oxygens (including phenoxy) is 2. The van der Waals surface area contributed by atoms with Crippen molar-refractivity contribution < 1.29 is 9.47 Å². The molecule has 0 aliphatic carbocycles. The number of fused-ring (bicyclic) bond motifs is 1. The van der Waals surface area contributed by atoms with E-state index in [1.54, 1.807) is 0 Å². The zero-order valence-electron chi connectivity index (χ0n) is 11.7. The molecule has 0 saturated carbocycles. The van der Waals surface area contributed by atoms with Crippen LogP contribution in [0.2, 0.25) is 0 Å². The van der Waals surface area contributed by atoms with Crippen LogP contribution in [0.1, 0.15) is 18.1 Å². The van der Waals surface area contributed by atoms with E-state index in [4.69, 9.17) is 9.47 Å². The molecule has 0 unspecified atom stereocenters. The molecule has 6 heteroatoms. The van der Waals surface area contributed by atoms with E-state index in [1.807, 2.05) is 36.7 Å². The molecular formula is C14H18N4O2. The van der Waals surface area contributed by atoms with E-state index in [9.17, 15) is 0 Å². The maximum absolute atomic E-state index is 5.67. The predicted molar refractivity (Wildman–Crippen MR) is 75.1 cm³/mol. The second-order valence-corrected chi connectivity index (χ2v) is 4.79. The molecule has 1 N–H and O–H groups in total. The van der Waals surface area contributed by atoms with Gasteiger partial charge in [0.1, 0.15) is 5.82 Å². The van der Waals surface area contributed by atoms with E-state index in [0.29, 0.717) is 19.8 Å². The molecular weight excluding hydrogens is 256 g/mol. The average molecular weight is 274 g/mol. The van der Waals surface area contributed by atoms with Gasteiger partial charge in [-0.15, -0.1) is 10.2 Å². The molecule has 106 valence electrons. The number of aryl methyl sites for hydroxylation is 1. The van der Waals surface area contributed by atoms with Gasteiger partial charge in [-0.3, -0.25) is 0 Å². The van der Waals surface area contributed by atoms with Gasteiger partial charge in [-0.05, 0) is 19.1 Å². The zero-order chi connectivity index (χ0) is 13.9. The fourth-order valence-corrected chi connectivity index (χ4v) is 2.06. The van der Waals surface area contributed by atoms with E-state index in [2.05, 4.69) is 15.5 Å². The molecule has 0 atom stereocenters. The molecule has 2 heterocycles. The second kappa shape index (κ2) is 5.40. The zero-order valence-corrected chi connectivity index (χ0v) is 11.7.